The van der Waals surface area contributed by atoms with Crippen LogP contribution < -0.4 is 4.59 Å². The van der Waals surface area contributed by atoms with E-state index in [0.717, 1.165) is 26.7 Å². The summed E-state index contributed by atoms with van der Waals surface area (Å²) in [6.07, 6.45) is 1.88. The van der Waals surface area contributed by atoms with Crippen LogP contribution >= 0.6 is 0 Å². The Morgan fingerprint density at radius 3 is 2.93 bits per heavy atom. The molecule has 2 nitrogen and oxygen atoms in total. The molecule has 1 aromatic rings. The Morgan fingerprint density at radius 1 is 1.64 bits per heavy atom. The van der Waals surface area contributed by atoms with Crippen LogP contribution in [0.25, 0.3) is 0 Å². The summed E-state index contributed by atoms with van der Waals surface area (Å²) in [5.74, 6) is 0. The standard InChI is InChI=1S/C11H12N2Se/c1-4-5-14-11-10(7-12)8(2)6-9(3)13-11/h4,6H,1,5H2,2-3H3. The number of rotatable bonds is 3. The summed E-state index contributed by atoms with van der Waals surface area (Å²) < 4.78 is 0.956. The van der Waals surface area contributed by atoms with Crippen LogP contribution in [0.15, 0.2) is 18.7 Å². The summed E-state index contributed by atoms with van der Waals surface area (Å²) in [6.45, 7) is 7.60. The molecule has 0 atom stereocenters. The molecule has 0 aromatic carbocycles. The second-order valence-corrected chi connectivity index (χ2v) is 5.09. The van der Waals surface area contributed by atoms with E-state index in [4.69, 9.17) is 5.26 Å². The van der Waals surface area contributed by atoms with Gasteiger partial charge in [-0.25, -0.2) is 0 Å². The fourth-order valence-electron chi connectivity index (χ4n) is 1.18. The molecular formula is C11H12N2Se. The molecule has 1 aromatic heterocycles. The van der Waals surface area contributed by atoms with E-state index < -0.39 is 0 Å². The molecule has 0 amide bonds. The van der Waals surface area contributed by atoms with Gasteiger partial charge in [-0.05, 0) is 0 Å². The third-order valence-corrected chi connectivity index (χ3v) is 3.80. The third-order valence-electron chi connectivity index (χ3n) is 1.76. The quantitative estimate of drug-likeness (QED) is 0.603. The molecule has 0 N–H and O–H groups in total. The van der Waals surface area contributed by atoms with Crippen LogP contribution in [0, 0.1) is 25.2 Å². The summed E-state index contributed by atoms with van der Waals surface area (Å²) in [4.78, 5) is 4.40. The minimum atomic E-state index is 0.240. The molecular weight excluding hydrogens is 239 g/mol. The van der Waals surface area contributed by atoms with Gasteiger partial charge in [0.15, 0.2) is 0 Å². The number of pyridine rings is 1. The first kappa shape index (κ1) is 11.0. The van der Waals surface area contributed by atoms with Crippen LogP contribution in [0.2, 0.25) is 5.32 Å². The van der Waals surface area contributed by atoms with E-state index in [9.17, 15) is 0 Å². The van der Waals surface area contributed by atoms with E-state index in [1.54, 1.807) is 0 Å². The molecule has 0 aliphatic heterocycles. The molecule has 14 heavy (non-hydrogen) atoms. The van der Waals surface area contributed by atoms with Crippen molar-refractivity contribution in [3.05, 3.63) is 35.5 Å². The van der Waals surface area contributed by atoms with Crippen molar-refractivity contribution in [2.75, 3.05) is 0 Å². The van der Waals surface area contributed by atoms with E-state index in [2.05, 4.69) is 17.6 Å². The molecule has 0 fully saturated rings. The second-order valence-electron chi connectivity index (χ2n) is 2.97. The summed E-state index contributed by atoms with van der Waals surface area (Å²) in [5.41, 5.74) is 2.76. The van der Waals surface area contributed by atoms with E-state index in [1.165, 1.54) is 0 Å². The molecule has 0 bridgehead atoms. The Kier molecular flexibility index (Phi) is 3.88. The van der Waals surface area contributed by atoms with Gasteiger partial charge in [0.1, 0.15) is 0 Å². The number of hydrogen-bond acceptors (Lipinski definition) is 2. The maximum absolute atomic E-state index is 8.98. The van der Waals surface area contributed by atoms with Crippen molar-refractivity contribution in [2.24, 2.45) is 0 Å². The van der Waals surface area contributed by atoms with Crippen LogP contribution in [0.5, 0.6) is 0 Å². The first-order chi connectivity index (χ1) is 6.69. The number of nitriles is 1. The average Bonchev–Trinajstić information content (AvgIpc) is 2.14. The molecule has 0 aliphatic carbocycles. The van der Waals surface area contributed by atoms with E-state index in [1.807, 2.05) is 26.0 Å². The van der Waals surface area contributed by atoms with Crippen molar-refractivity contribution in [2.45, 2.75) is 19.2 Å². The van der Waals surface area contributed by atoms with Gasteiger partial charge in [0.25, 0.3) is 0 Å². The van der Waals surface area contributed by atoms with Crippen molar-refractivity contribution in [1.29, 1.82) is 5.26 Å². The zero-order valence-corrected chi connectivity index (χ0v) is 10.1. The molecule has 0 saturated carbocycles. The summed E-state index contributed by atoms with van der Waals surface area (Å²) in [6, 6.07) is 4.17. The zero-order chi connectivity index (χ0) is 10.6. The van der Waals surface area contributed by atoms with Gasteiger partial charge in [0.05, 0.1) is 0 Å². The number of aryl methyl sites for hydroxylation is 2. The number of aromatic nitrogens is 1. The Labute approximate surface area is 90.8 Å². The van der Waals surface area contributed by atoms with E-state index in [-0.39, 0.29) is 15.0 Å². The van der Waals surface area contributed by atoms with Crippen LogP contribution in [0.4, 0.5) is 0 Å². The van der Waals surface area contributed by atoms with Gasteiger partial charge in [-0.15, -0.1) is 0 Å². The molecule has 0 spiro atoms. The summed E-state index contributed by atoms with van der Waals surface area (Å²) in [5, 5.41) is 9.91. The Hall–Kier alpha value is -1.10. The van der Waals surface area contributed by atoms with E-state index >= 15 is 0 Å². The second kappa shape index (κ2) is 4.95. The van der Waals surface area contributed by atoms with Gasteiger partial charge in [-0.1, -0.05) is 0 Å². The fraction of sp³-hybridized carbons (Fsp3) is 0.273. The third kappa shape index (κ3) is 2.45. The monoisotopic (exact) mass is 252 g/mol. The van der Waals surface area contributed by atoms with Crippen LogP contribution in [0.1, 0.15) is 16.8 Å². The number of allylic oxidation sites excluding steroid dienone is 1. The molecule has 1 rings (SSSR count). The SMILES string of the molecule is C=CC[Se]c1nc(C)cc(C)c1C#N. The molecule has 0 unspecified atom stereocenters. The Morgan fingerprint density at radius 2 is 2.36 bits per heavy atom. The molecule has 72 valence electrons. The van der Waals surface area contributed by atoms with Crippen molar-refractivity contribution < 1.29 is 0 Å². The fourth-order valence-corrected chi connectivity index (χ4v) is 2.93. The van der Waals surface area contributed by atoms with Crippen LogP contribution in [0.3, 0.4) is 0 Å². The maximum atomic E-state index is 8.98. The van der Waals surface area contributed by atoms with Crippen LogP contribution in [-0.4, -0.2) is 19.9 Å². The summed E-state index contributed by atoms with van der Waals surface area (Å²) in [7, 11) is 0. The predicted octanol–water partition coefficient (Wildman–Crippen LogP) is 1.50. The minimum absolute atomic E-state index is 0.240. The Bertz CT molecular complexity index is 391. The van der Waals surface area contributed by atoms with Crippen LogP contribution in [-0.2, 0) is 0 Å². The molecule has 3 heteroatoms. The van der Waals surface area contributed by atoms with Gasteiger partial charge >= 0.3 is 90.6 Å². The van der Waals surface area contributed by atoms with Gasteiger partial charge in [-0.2, -0.15) is 0 Å². The average molecular weight is 251 g/mol. The van der Waals surface area contributed by atoms with Gasteiger partial charge in [-0.3, -0.25) is 0 Å². The molecule has 0 aliphatic rings. The Balaban J connectivity index is 3.12. The topological polar surface area (TPSA) is 36.7 Å². The summed E-state index contributed by atoms with van der Waals surface area (Å²) >= 11 is 0.240. The number of nitrogens with zero attached hydrogens (tertiary/aromatic N) is 2. The van der Waals surface area contributed by atoms with E-state index in [0.29, 0.717) is 0 Å². The van der Waals surface area contributed by atoms with Gasteiger partial charge in [0, 0.05) is 0 Å². The first-order valence-electron chi connectivity index (χ1n) is 4.31. The van der Waals surface area contributed by atoms with Crippen molar-refractivity contribution in [1.82, 2.24) is 4.98 Å². The zero-order valence-electron chi connectivity index (χ0n) is 8.37. The molecule has 0 radical (unpaired) electrons. The van der Waals surface area contributed by atoms with Crippen molar-refractivity contribution in [3.8, 4) is 6.07 Å². The number of hydrogen-bond donors (Lipinski definition) is 0. The first-order valence-corrected chi connectivity index (χ1v) is 6.38. The molecule has 0 saturated heterocycles. The van der Waals surface area contributed by atoms with Crippen molar-refractivity contribution in [3.63, 3.8) is 0 Å². The normalized spacial score (nSPS) is 9.50. The molecule has 1 heterocycles. The van der Waals surface area contributed by atoms with Crippen molar-refractivity contribution >= 4 is 19.5 Å². The van der Waals surface area contributed by atoms with Gasteiger partial charge in [0.2, 0.25) is 0 Å². The predicted molar refractivity (Wildman–Crippen MR) is 58.8 cm³/mol. The van der Waals surface area contributed by atoms with Gasteiger partial charge < -0.3 is 0 Å².